The quantitative estimate of drug-likeness (QED) is 0.794. The number of halogens is 3. The van der Waals surface area contributed by atoms with Gasteiger partial charge in [-0.05, 0) is 38.4 Å². The fourth-order valence-corrected chi connectivity index (χ4v) is 2.24. The van der Waals surface area contributed by atoms with Crippen LogP contribution in [0.4, 0.5) is 13.2 Å². The van der Waals surface area contributed by atoms with Crippen LogP contribution in [0.3, 0.4) is 0 Å². The number of nitrogens with two attached hydrogens (primary N) is 1. The van der Waals surface area contributed by atoms with Gasteiger partial charge in [0.1, 0.15) is 0 Å². The van der Waals surface area contributed by atoms with Gasteiger partial charge in [0.05, 0.1) is 17.4 Å². The Kier molecular flexibility index (Phi) is 5.61. The second-order valence-corrected chi connectivity index (χ2v) is 5.40. The van der Waals surface area contributed by atoms with Gasteiger partial charge < -0.3 is 11.1 Å². The first-order valence-electron chi connectivity index (χ1n) is 7.55. The number of rotatable bonds is 6. The van der Waals surface area contributed by atoms with Crippen molar-refractivity contribution < 1.29 is 18.0 Å². The van der Waals surface area contributed by atoms with E-state index in [1.54, 1.807) is 12.1 Å². The monoisotopic (exact) mass is 340 g/mol. The van der Waals surface area contributed by atoms with E-state index in [4.69, 9.17) is 5.73 Å². The summed E-state index contributed by atoms with van der Waals surface area (Å²) in [6.07, 6.45) is -2.46. The van der Waals surface area contributed by atoms with Crippen LogP contribution in [-0.2, 0) is 6.18 Å². The van der Waals surface area contributed by atoms with Crippen molar-refractivity contribution >= 4 is 5.91 Å². The number of amides is 1. The molecule has 0 atom stereocenters. The summed E-state index contributed by atoms with van der Waals surface area (Å²) >= 11 is 0. The zero-order chi connectivity index (χ0) is 17.7. The van der Waals surface area contributed by atoms with Gasteiger partial charge in [0.2, 0.25) is 0 Å². The average molecular weight is 340 g/mol. The number of hydrogen-bond donors (Lipinski definition) is 2. The molecule has 1 amide bonds. The number of alkyl halides is 3. The normalized spacial score (nSPS) is 11.5. The second-order valence-electron chi connectivity index (χ2n) is 5.40. The van der Waals surface area contributed by atoms with Crippen LogP contribution in [0.25, 0.3) is 5.69 Å². The van der Waals surface area contributed by atoms with E-state index in [1.165, 1.54) is 12.1 Å². The van der Waals surface area contributed by atoms with Crippen LogP contribution < -0.4 is 11.1 Å². The maximum absolute atomic E-state index is 13.5. The molecule has 0 aliphatic heterocycles. The second kappa shape index (κ2) is 7.48. The van der Waals surface area contributed by atoms with Crippen molar-refractivity contribution in [2.24, 2.45) is 5.73 Å². The molecule has 130 valence electrons. The van der Waals surface area contributed by atoms with E-state index < -0.39 is 23.3 Å². The van der Waals surface area contributed by atoms with E-state index in [1.807, 2.05) is 6.92 Å². The number of carbonyl (C=O) groups excluding carboxylic acids is 1. The van der Waals surface area contributed by atoms with Crippen molar-refractivity contribution in [2.75, 3.05) is 13.1 Å². The number of aromatic nitrogens is 2. The predicted molar refractivity (Wildman–Crippen MR) is 83.9 cm³/mol. The summed E-state index contributed by atoms with van der Waals surface area (Å²) in [6.45, 7) is 2.57. The first-order valence-corrected chi connectivity index (χ1v) is 7.55. The number of hydrogen-bond acceptors (Lipinski definition) is 3. The molecule has 5 nitrogen and oxygen atoms in total. The molecule has 1 heterocycles. The van der Waals surface area contributed by atoms with Crippen LogP contribution in [0.15, 0.2) is 30.5 Å². The summed E-state index contributed by atoms with van der Waals surface area (Å²) in [5.41, 5.74) is 4.93. The minimum atomic E-state index is -4.70. The Bertz CT molecular complexity index is 692. The molecule has 0 saturated carbocycles. The molecule has 2 rings (SSSR count). The molecule has 0 aliphatic rings. The molecule has 1 aromatic carbocycles. The van der Waals surface area contributed by atoms with E-state index in [2.05, 4.69) is 10.4 Å². The third-order valence-corrected chi connectivity index (χ3v) is 3.48. The van der Waals surface area contributed by atoms with Crippen LogP contribution >= 0.6 is 0 Å². The van der Waals surface area contributed by atoms with Crippen LogP contribution in [0.1, 0.15) is 34.5 Å². The van der Waals surface area contributed by atoms with Gasteiger partial charge in [-0.3, -0.25) is 4.79 Å². The molecule has 0 unspecified atom stereocenters. The van der Waals surface area contributed by atoms with E-state index in [0.29, 0.717) is 19.4 Å². The molecule has 0 radical (unpaired) electrons. The Morgan fingerprint density at radius 3 is 2.50 bits per heavy atom. The Labute approximate surface area is 137 Å². The maximum atomic E-state index is 13.5. The van der Waals surface area contributed by atoms with Gasteiger partial charge in [0, 0.05) is 6.54 Å². The molecule has 0 fully saturated rings. The molecule has 1 aromatic heterocycles. The summed E-state index contributed by atoms with van der Waals surface area (Å²) in [5, 5.41) is 6.24. The number of benzene rings is 1. The van der Waals surface area contributed by atoms with Gasteiger partial charge in [0.25, 0.3) is 5.91 Å². The van der Waals surface area contributed by atoms with Crippen molar-refractivity contribution in [3.8, 4) is 5.69 Å². The molecule has 0 saturated heterocycles. The van der Waals surface area contributed by atoms with Crippen LogP contribution in [0.5, 0.6) is 0 Å². The van der Waals surface area contributed by atoms with Crippen molar-refractivity contribution in [3.63, 3.8) is 0 Å². The lowest BCUT2D eigenvalue weighted by atomic mass is 10.2. The molecular weight excluding hydrogens is 321 g/mol. The lowest BCUT2D eigenvalue weighted by molar-refractivity contribution is -0.143. The Morgan fingerprint density at radius 1 is 1.25 bits per heavy atom. The highest BCUT2D eigenvalue weighted by Crippen LogP contribution is 2.33. The summed E-state index contributed by atoms with van der Waals surface area (Å²) in [7, 11) is 0. The molecular formula is C16H19F3N4O. The van der Waals surface area contributed by atoms with Crippen LogP contribution in [0, 0.1) is 6.92 Å². The molecule has 3 N–H and O–H groups in total. The number of nitrogens with zero attached hydrogens (tertiary/aromatic N) is 2. The molecule has 0 aliphatic carbocycles. The highest BCUT2D eigenvalue weighted by Gasteiger charge is 2.40. The lowest BCUT2D eigenvalue weighted by Gasteiger charge is -2.13. The lowest BCUT2D eigenvalue weighted by Crippen LogP contribution is -2.27. The molecule has 8 heteroatoms. The zero-order valence-electron chi connectivity index (χ0n) is 13.2. The largest absolute Gasteiger partial charge is 0.434 e. The summed E-state index contributed by atoms with van der Waals surface area (Å²) in [6, 6.07) is 6.43. The number of carbonyl (C=O) groups is 1. The third kappa shape index (κ3) is 4.14. The molecule has 0 spiro atoms. The SMILES string of the molecule is Cc1ccc(-n2ncc(C(=O)NCCCCN)c2C(F)(F)F)cc1. The van der Waals surface area contributed by atoms with Crippen molar-refractivity contribution in [1.29, 1.82) is 0 Å². The molecule has 0 bridgehead atoms. The summed E-state index contributed by atoms with van der Waals surface area (Å²) in [5.74, 6) is -0.794. The molecule has 2 aromatic rings. The highest BCUT2D eigenvalue weighted by molar-refractivity contribution is 5.95. The Balaban J connectivity index is 2.33. The first-order chi connectivity index (χ1) is 11.3. The van der Waals surface area contributed by atoms with Crippen molar-refractivity contribution in [2.45, 2.75) is 25.9 Å². The van der Waals surface area contributed by atoms with Gasteiger partial charge >= 0.3 is 6.18 Å². The van der Waals surface area contributed by atoms with E-state index in [-0.39, 0.29) is 12.2 Å². The Hall–Kier alpha value is -2.35. The van der Waals surface area contributed by atoms with Gasteiger partial charge in [-0.1, -0.05) is 17.7 Å². The van der Waals surface area contributed by atoms with Crippen molar-refractivity contribution in [1.82, 2.24) is 15.1 Å². The summed E-state index contributed by atoms with van der Waals surface area (Å²) < 4.78 is 41.1. The van der Waals surface area contributed by atoms with Gasteiger partial charge in [-0.15, -0.1) is 0 Å². The average Bonchev–Trinajstić information content (AvgIpc) is 2.97. The van der Waals surface area contributed by atoms with E-state index >= 15 is 0 Å². The number of nitrogens with one attached hydrogen (secondary N) is 1. The van der Waals surface area contributed by atoms with E-state index in [9.17, 15) is 18.0 Å². The van der Waals surface area contributed by atoms with Gasteiger partial charge in [-0.2, -0.15) is 18.3 Å². The number of unbranched alkanes of at least 4 members (excludes halogenated alkanes) is 1. The zero-order valence-corrected chi connectivity index (χ0v) is 13.2. The standard InChI is InChI=1S/C16H19F3N4O/c1-11-4-6-12(7-5-11)23-14(16(17,18)19)13(10-22-23)15(24)21-9-3-2-8-20/h4-7,10H,2-3,8-9,20H2,1H3,(H,21,24). The fourth-order valence-electron chi connectivity index (χ4n) is 2.24. The third-order valence-electron chi connectivity index (χ3n) is 3.48. The first kappa shape index (κ1) is 18.0. The number of aryl methyl sites for hydroxylation is 1. The molecule has 24 heavy (non-hydrogen) atoms. The minimum absolute atomic E-state index is 0.245. The van der Waals surface area contributed by atoms with Crippen LogP contribution in [0.2, 0.25) is 0 Å². The Morgan fingerprint density at radius 2 is 1.92 bits per heavy atom. The fraction of sp³-hybridized carbons (Fsp3) is 0.375. The highest BCUT2D eigenvalue weighted by atomic mass is 19.4. The van der Waals surface area contributed by atoms with Gasteiger partial charge in [0.15, 0.2) is 5.69 Å². The maximum Gasteiger partial charge on any atom is 0.434 e. The van der Waals surface area contributed by atoms with Crippen LogP contribution in [-0.4, -0.2) is 28.8 Å². The smallest absolute Gasteiger partial charge is 0.352 e. The topological polar surface area (TPSA) is 72.9 Å². The predicted octanol–water partition coefficient (Wildman–Crippen LogP) is 2.67. The minimum Gasteiger partial charge on any atom is -0.352 e. The van der Waals surface area contributed by atoms with E-state index in [0.717, 1.165) is 16.4 Å². The van der Waals surface area contributed by atoms with Crippen molar-refractivity contribution in [3.05, 3.63) is 47.3 Å². The summed E-state index contributed by atoms with van der Waals surface area (Å²) in [4.78, 5) is 12.1. The van der Waals surface area contributed by atoms with Gasteiger partial charge in [-0.25, -0.2) is 4.68 Å².